The van der Waals surface area contributed by atoms with Gasteiger partial charge in [0, 0.05) is 11.8 Å². The molecule has 1 fully saturated rings. The second-order valence-electron chi connectivity index (χ2n) is 4.39. The minimum atomic E-state index is -0.302. The molecule has 0 saturated heterocycles. The Morgan fingerprint density at radius 1 is 1.14 bits per heavy atom. The first kappa shape index (κ1) is 8.25. The first-order valence-corrected chi connectivity index (χ1v) is 5.24. The Hall–Kier alpha value is -1.08. The van der Waals surface area contributed by atoms with E-state index < -0.39 is 0 Å². The first-order valence-electron chi connectivity index (χ1n) is 5.24. The van der Waals surface area contributed by atoms with E-state index in [4.69, 9.17) is 0 Å². The molecule has 0 aromatic heterocycles. The maximum absolute atomic E-state index is 10.0. The van der Waals surface area contributed by atoms with Crippen molar-refractivity contribution in [1.29, 1.82) is 0 Å². The van der Waals surface area contributed by atoms with Crippen LogP contribution >= 0.6 is 0 Å². The van der Waals surface area contributed by atoms with E-state index in [0.29, 0.717) is 11.8 Å². The molecule has 1 saturated carbocycles. The van der Waals surface area contributed by atoms with Crippen molar-refractivity contribution in [3.8, 4) is 0 Å². The standard InChI is InChI=1S/C13H14O/c1-8-9-6-7-12(13(8)14)11-5-3-2-4-10(9)11/h2-5,9,12-14H,1,6-7H2/t9-,12+,13-/m1/s1. The zero-order valence-electron chi connectivity index (χ0n) is 8.11. The molecule has 3 aliphatic rings. The molecule has 0 radical (unpaired) electrons. The van der Waals surface area contributed by atoms with Gasteiger partial charge in [-0.1, -0.05) is 30.8 Å². The van der Waals surface area contributed by atoms with Crippen molar-refractivity contribution in [2.75, 3.05) is 0 Å². The number of fused-ring (bicyclic) bond motifs is 2. The van der Waals surface area contributed by atoms with Crippen LogP contribution in [-0.4, -0.2) is 11.2 Å². The van der Waals surface area contributed by atoms with Gasteiger partial charge in [0.25, 0.3) is 0 Å². The lowest BCUT2D eigenvalue weighted by molar-refractivity contribution is 0.136. The van der Waals surface area contributed by atoms with Gasteiger partial charge in [0.05, 0.1) is 6.10 Å². The molecule has 3 aliphatic carbocycles. The molecule has 0 aliphatic heterocycles. The molecule has 0 heterocycles. The van der Waals surface area contributed by atoms with Gasteiger partial charge >= 0.3 is 0 Å². The van der Waals surface area contributed by atoms with Gasteiger partial charge in [0.15, 0.2) is 0 Å². The van der Waals surface area contributed by atoms with Crippen LogP contribution in [0.4, 0.5) is 0 Å². The molecule has 1 N–H and O–H groups in total. The number of aliphatic hydroxyl groups is 1. The minimum Gasteiger partial charge on any atom is -0.388 e. The largest absolute Gasteiger partial charge is 0.388 e. The van der Waals surface area contributed by atoms with E-state index in [2.05, 4.69) is 30.8 Å². The summed E-state index contributed by atoms with van der Waals surface area (Å²) in [7, 11) is 0. The normalized spacial score (nSPS) is 34.4. The van der Waals surface area contributed by atoms with Crippen LogP contribution in [0.1, 0.15) is 35.8 Å². The lowest BCUT2D eigenvalue weighted by Gasteiger charge is -2.43. The van der Waals surface area contributed by atoms with E-state index in [-0.39, 0.29) is 6.10 Å². The van der Waals surface area contributed by atoms with E-state index >= 15 is 0 Å². The smallest absolute Gasteiger partial charge is 0.0822 e. The lowest BCUT2D eigenvalue weighted by Crippen LogP contribution is -2.35. The highest BCUT2D eigenvalue weighted by molar-refractivity contribution is 5.47. The summed E-state index contributed by atoms with van der Waals surface area (Å²) in [5.74, 6) is 0.717. The molecule has 0 amide bonds. The SMILES string of the molecule is C=C1[C@H]2CC[C@@H](c3ccccc32)[C@@H]1O. The molecule has 72 valence electrons. The van der Waals surface area contributed by atoms with E-state index in [1.54, 1.807) is 0 Å². The van der Waals surface area contributed by atoms with Gasteiger partial charge in [-0.15, -0.1) is 0 Å². The summed E-state index contributed by atoms with van der Waals surface area (Å²) in [5, 5.41) is 10.0. The van der Waals surface area contributed by atoms with Crippen molar-refractivity contribution >= 4 is 0 Å². The third-order valence-electron chi connectivity index (χ3n) is 3.75. The molecule has 1 nitrogen and oxygen atoms in total. The van der Waals surface area contributed by atoms with Crippen molar-refractivity contribution in [3.05, 3.63) is 47.5 Å². The molecule has 1 aromatic rings. The van der Waals surface area contributed by atoms with Gasteiger partial charge in [-0.25, -0.2) is 0 Å². The predicted molar refractivity (Wildman–Crippen MR) is 56.3 cm³/mol. The second-order valence-corrected chi connectivity index (χ2v) is 4.39. The highest BCUT2D eigenvalue weighted by Gasteiger charge is 2.40. The Morgan fingerprint density at radius 3 is 2.64 bits per heavy atom. The Kier molecular flexibility index (Phi) is 1.59. The lowest BCUT2D eigenvalue weighted by atomic mass is 9.63. The average molecular weight is 186 g/mol. The maximum Gasteiger partial charge on any atom is 0.0822 e. The number of benzene rings is 1. The summed E-state index contributed by atoms with van der Waals surface area (Å²) in [6, 6.07) is 8.49. The summed E-state index contributed by atoms with van der Waals surface area (Å²) in [6.45, 7) is 4.03. The van der Waals surface area contributed by atoms with Crippen LogP contribution in [0.3, 0.4) is 0 Å². The molecule has 14 heavy (non-hydrogen) atoms. The fourth-order valence-corrected chi connectivity index (χ4v) is 3.00. The highest BCUT2D eigenvalue weighted by Crippen LogP contribution is 2.51. The summed E-state index contributed by atoms with van der Waals surface area (Å²) >= 11 is 0. The molecule has 4 rings (SSSR count). The van der Waals surface area contributed by atoms with Crippen molar-refractivity contribution in [2.45, 2.75) is 30.8 Å². The van der Waals surface area contributed by atoms with Gasteiger partial charge < -0.3 is 5.11 Å². The number of hydrogen-bond acceptors (Lipinski definition) is 1. The van der Waals surface area contributed by atoms with E-state index in [9.17, 15) is 5.11 Å². The topological polar surface area (TPSA) is 20.2 Å². The van der Waals surface area contributed by atoms with E-state index in [1.165, 1.54) is 11.1 Å². The number of hydrogen-bond donors (Lipinski definition) is 1. The summed E-state index contributed by atoms with van der Waals surface area (Å²) in [5.41, 5.74) is 3.78. The Morgan fingerprint density at radius 2 is 1.86 bits per heavy atom. The minimum absolute atomic E-state index is 0.302. The van der Waals surface area contributed by atoms with Crippen molar-refractivity contribution in [1.82, 2.24) is 0 Å². The zero-order valence-corrected chi connectivity index (χ0v) is 8.11. The van der Waals surface area contributed by atoms with Gasteiger partial charge in [-0.3, -0.25) is 0 Å². The number of aliphatic hydroxyl groups excluding tert-OH is 1. The third-order valence-corrected chi connectivity index (χ3v) is 3.75. The van der Waals surface area contributed by atoms with Crippen LogP contribution in [-0.2, 0) is 0 Å². The summed E-state index contributed by atoms with van der Waals surface area (Å²) in [4.78, 5) is 0. The van der Waals surface area contributed by atoms with Crippen LogP contribution in [0.15, 0.2) is 36.4 Å². The average Bonchev–Trinajstić information content (AvgIpc) is 2.24. The fraction of sp³-hybridized carbons (Fsp3) is 0.385. The Bertz CT molecular complexity index is 394. The zero-order chi connectivity index (χ0) is 9.71. The van der Waals surface area contributed by atoms with Gasteiger partial charge in [-0.05, 0) is 29.5 Å². The fourth-order valence-electron chi connectivity index (χ4n) is 3.00. The Labute approximate surface area is 84.1 Å². The molecule has 2 bridgehead atoms. The second kappa shape index (κ2) is 2.71. The first-order chi connectivity index (χ1) is 6.79. The Balaban J connectivity index is 2.22. The quantitative estimate of drug-likeness (QED) is 0.617. The van der Waals surface area contributed by atoms with Crippen LogP contribution in [0.25, 0.3) is 0 Å². The van der Waals surface area contributed by atoms with Crippen molar-refractivity contribution in [2.24, 2.45) is 0 Å². The third kappa shape index (κ3) is 0.881. The molecular weight excluding hydrogens is 172 g/mol. The molecule has 0 spiro atoms. The van der Waals surface area contributed by atoms with E-state index in [1.807, 2.05) is 0 Å². The van der Waals surface area contributed by atoms with Crippen molar-refractivity contribution < 1.29 is 5.11 Å². The van der Waals surface area contributed by atoms with Crippen LogP contribution in [0.2, 0.25) is 0 Å². The van der Waals surface area contributed by atoms with Gasteiger partial charge in [-0.2, -0.15) is 0 Å². The van der Waals surface area contributed by atoms with Gasteiger partial charge in [0.2, 0.25) is 0 Å². The molecular formula is C13H14O. The predicted octanol–water partition coefficient (Wildman–Crippen LogP) is 2.58. The molecule has 3 atom stereocenters. The number of rotatable bonds is 0. The van der Waals surface area contributed by atoms with Gasteiger partial charge in [0.1, 0.15) is 0 Å². The van der Waals surface area contributed by atoms with Crippen LogP contribution in [0, 0.1) is 0 Å². The summed E-state index contributed by atoms with van der Waals surface area (Å²) in [6.07, 6.45) is 1.98. The van der Waals surface area contributed by atoms with Crippen LogP contribution in [0.5, 0.6) is 0 Å². The van der Waals surface area contributed by atoms with Crippen molar-refractivity contribution in [3.63, 3.8) is 0 Å². The molecule has 0 unspecified atom stereocenters. The molecule has 1 heteroatoms. The monoisotopic (exact) mass is 186 g/mol. The maximum atomic E-state index is 10.0. The van der Waals surface area contributed by atoms with Crippen LogP contribution < -0.4 is 0 Å². The summed E-state index contributed by atoms with van der Waals surface area (Å²) < 4.78 is 0. The van der Waals surface area contributed by atoms with E-state index in [0.717, 1.165) is 18.4 Å². The highest BCUT2D eigenvalue weighted by atomic mass is 16.3. The molecule has 1 aromatic carbocycles.